The molecular formula is C10H23NOS. The number of rotatable bonds is 8. The second-order valence-electron chi connectivity index (χ2n) is 3.64. The number of hydrogen-bond acceptors (Lipinski definition) is 3. The Morgan fingerprint density at radius 3 is 2.31 bits per heavy atom. The van der Waals surface area contributed by atoms with Crippen molar-refractivity contribution in [1.29, 1.82) is 0 Å². The van der Waals surface area contributed by atoms with Crippen LogP contribution in [0.5, 0.6) is 0 Å². The van der Waals surface area contributed by atoms with E-state index in [1.165, 1.54) is 19.3 Å². The third-order valence-electron chi connectivity index (χ3n) is 2.22. The molecule has 0 atom stereocenters. The minimum absolute atomic E-state index is 0.269. The maximum Gasteiger partial charge on any atom is 0.0558 e. The van der Waals surface area contributed by atoms with Crippen LogP contribution in [0.4, 0.5) is 0 Å². The summed E-state index contributed by atoms with van der Waals surface area (Å²) < 4.78 is 0. The summed E-state index contributed by atoms with van der Waals surface area (Å²) >= 11 is 4.17. The fourth-order valence-corrected chi connectivity index (χ4v) is 1.58. The van der Waals surface area contributed by atoms with E-state index in [9.17, 15) is 0 Å². The Balaban J connectivity index is 3.45. The Hall–Kier alpha value is 0.270. The van der Waals surface area contributed by atoms with Crippen LogP contribution < -0.4 is 0 Å². The van der Waals surface area contributed by atoms with Crippen molar-refractivity contribution in [1.82, 2.24) is 4.90 Å². The van der Waals surface area contributed by atoms with Crippen LogP contribution in [-0.2, 0) is 0 Å². The van der Waals surface area contributed by atoms with Gasteiger partial charge in [0, 0.05) is 12.6 Å². The SMILES string of the molecule is CC(C)N(CCO)CCCCCS. The van der Waals surface area contributed by atoms with Crippen molar-refractivity contribution in [3.05, 3.63) is 0 Å². The van der Waals surface area contributed by atoms with Gasteiger partial charge >= 0.3 is 0 Å². The summed E-state index contributed by atoms with van der Waals surface area (Å²) in [7, 11) is 0. The van der Waals surface area contributed by atoms with Crippen LogP contribution >= 0.6 is 12.6 Å². The molecule has 0 aromatic heterocycles. The van der Waals surface area contributed by atoms with Gasteiger partial charge in [-0.3, -0.25) is 4.90 Å². The molecule has 0 saturated carbocycles. The van der Waals surface area contributed by atoms with E-state index in [2.05, 4.69) is 31.4 Å². The molecule has 0 amide bonds. The molecule has 0 unspecified atom stereocenters. The number of nitrogens with zero attached hydrogens (tertiary/aromatic N) is 1. The highest BCUT2D eigenvalue weighted by atomic mass is 32.1. The molecule has 0 aliphatic carbocycles. The van der Waals surface area contributed by atoms with Crippen molar-refractivity contribution < 1.29 is 5.11 Å². The Morgan fingerprint density at radius 1 is 1.15 bits per heavy atom. The lowest BCUT2D eigenvalue weighted by molar-refractivity contribution is 0.163. The van der Waals surface area contributed by atoms with Gasteiger partial charge in [-0.15, -0.1) is 0 Å². The van der Waals surface area contributed by atoms with Gasteiger partial charge in [-0.05, 0) is 39.0 Å². The topological polar surface area (TPSA) is 23.5 Å². The molecule has 0 bridgehead atoms. The van der Waals surface area contributed by atoms with Gasteiger partial charge in [-0.1, -0.05) is 6.42 Å². The molecular weight excluding hydrogens is 182 g/mol. The number of aliphatic hydroxyl groups is 1. The summed E-state index contributed by atoms with van der Waals surface area (Å²) in [5.74, 6) is 0.988. The molecule has 0 aromatic rings. The molecule has 0 rings (SSSR count). The second kappa shape index (κ2) is 8.85. The van der Waals surface area contributed by atoms with Crippen molar-refractivity contribution in [3.63, 3.8) is 0 Å². The van der Waals surface area contributed by atoms with Gasteiger partial charge < -0.3 is 5.11 Å². The number of unbranched alkanes of at least 4 members (excludes halogenated alkanes) is 2. The molecule has 13 heavy (non-hydrogen) atoms. The smallest absolute Gasteiger partial charge is 0.0558 e. The number of aliphatic hydroxyl groups excluding tert-OH is 1. The predicted octanol–water partition coefficient (Wildman–Crippen LogP) is 1.79. The molecule has 0 aliphatic rings. The van der Waals surface area contributed by atoms with Gasteiger partial charge in [0.25, 0.3) is 0 Å². The van der Waals surface area contributed by atoms with E-state index in [1.807, 2.05) is 0 Å². The molecule has 0 saturated heterocycles. The zero-order valence-electron chi connectivity index (χ0n) is 8.87. The van der Waals surface area contributed by atoms with Crippen LogP contribution in [0.15, 0.2) is 0 Å². The average molecular weight is 205 g/mol. The Labute approximate surface area is 87.7 Å². The maximum absolute atomic E-state index is 8.83. The summed E-state index contributed by atoms with van der Waals surface area (Å²) in [6.45, 7) is 6.53. The molecule has 0 heterocycles. The van der Waals surface area contributed by atoms with E-state index < -0.39 is 0 Å². The van der Waals surface area contributed by atoms with E-state index in [-0.39, 0.29) is 6.61 Å². The van der Waals surface area contributed by atoms with E-state index in [0.29, 0.717) is 6.04 Å². The van der Waals surface area contributed by atoms with E-state index >= 15 is 0 Å². The largest absolute Gasteiger partial charge is 0.395 e. The van der Waals surface area contributed by atoms with Gasteiger partial charge in [-0.25, -0.2) is 0 Å². The van der Waals surface area contributed by atoms with Gasteiger partial charge in [0.1, 0.15) is 0 Å². The molecule has 1 N–H and O–H groups in total. The van der Waals surface area contributed by atoms with Crippen LogP contribution in [0.1, 0.15) is 33.1 Å². The molecule has 2 nitrogen and oxygen atoms in total. The van der Waals surface area contributed by atoms with Gasteiger partial charge in [0.15, 0.2) is 0 Å². The first-order valence-electron chi connectivity index (χ1n) is 5.18. The van der Waals surface area contributed by atoms with Crippen molar-refractivity contribution in [2.45, 2.75) is 39.2 Å². The fraction of sp³-hybridized carbons (Fsp3) is 1.00. The van der Waals surface area contributed by atoms with Crippen molar-refractivity contribution >= 4 is 12.6 Å². The average Bonchev–Trinajstić information content (AvgIpc) is 2.10. The summed E-state index contributed by atoms with van der Waals surface area (Å²) in [6, 6.07) is 0.545. The van der Waals surface area contributed by atoms with Crippen LogP contribution in [0, 0.1) is 0 Å². The lowest BCUT2D eigenvalue weighted by Crippen LogP contribution is -2.34. The first-order chi connectivity index (χ1) is 6.22. The molecule has 0 fully saturated rings. The molecule has 0 spiro atoms. The first-order valence-corrected chi connectivity index (χ1v) is 5.81. The Bertz CT molecular complexity index is 109. The molecule has 0 aliphatic heterocycles. The van der Waals surface area contributed by atoms with Crippen molar-refractivity contribution in [2.24, 2.45) is 0 Å². The monoisotopic (exact) mass is 205 g/mol. The summed E-state index contributed by atoms with van der Waals surface area (Å²) in [4.78, 5) is 2.32. The van der Waals surface area contributed by atoms with Gasteiger partial charge in [0.2, 0.25) is 0 Å². The molecule has 3 heteroatoms. The standard InChI is InChI=1S/C10H23NOS/c1-10(2)11(7-8-12)6-4-3-5-9-13/h10,12-13H,3-9H2,1-2H3. The molecule has 0 aromatic carbocycles. The highest BCUT2D eigenvalue weighted by molar-refractivity contribution is 7.80. The number of thiol groups is 1. The Morgan fingerprint density at radius 2 is 1.85 bits per heavy atom. The normalized spacial score (nSPS) is 11.5. The van der Waals surface area contributed by atoms with Crippen LogP contribution in [0.3, 0.4) is 0 Å². The maximum atomic E-state index is 8.83. The Kier molecular flexibility index (Phi) is 9.03. The zero-order valence-corrected chi connectivity index (χ0v) is 9.76. The summed E-state index contributed by atoms with van der Waals surface area (Å²) in [6.07, 6.45) is 3.67. The minimum Gasteiger partial charge on any atom is -0.395 e. The van der Waals surface area contributed by atoms with Gasteiger partial charge in [-0.2, -0.15) is 12.6 Å². The predicted molar refractivity (Wildman–Crippen MR) is 61.5 cm³/mol. The first kappa shape index (κ1) is 13.3. The van der Waals surface area contributed by atoms with Crippen LogP contribution in [-0.4, -0.2) is 41.5 Å². The molecule has 80 valence electrons. The zero-order chi connectivity index (χ0) is 10.1. The highest BCUT2D eigenvalue weighted by Gasteiger charge is 2.06. The second-order valence-corrected chi connectivity index (χ2v) is 4.08. The lowest BCUT2D eigenvalue weighted by atomic mass is 10.2. The van der Waals surface area contributed by atoms with Crippen LogP contribution in [0.2, 0.25) is 0 Å². The highest BCUT2D eigenvalue weighted by Crippen LogP contribution is 2.03. The van der Waals surface area contributed by atoms with Crippen molar-refractivity contribution in [3.8, 4) is 0 Å². The van der Waals surface area contributed by atoms with Crippen molar-refractivity contribution in [2.75, 3.05) is 25.4 Å². The summed E-state index contributed by atoms with van der Waals surface area (Å²) in [5, 5.41) is 8.83. The van der Waals surface area contributed by atoms with E-state index in [0.717, 1.165) is 18.8 Å². The fourth-order valence-electron chi connectivity index (χ4n) is 1.36. The number of hydrogen-bond donors (Lipinski definition) is 2. The lowest BCUT2D eigenvalue weighted by Gasteiger charge is -2.25. The van der Waals surface area contributed by atoms with Gasteiger partial charge in [0.05, 0.1) is 6.61 Å². The third-order valence-corrected chi connectivity index (χ3v) is 2.54. The minimum atomic E-state index is 0.269. The molecule has 0 radical (unpaired) electrons. The van der Waals surface area contributed by atoms with E-state index in [4.69, 9.17) is 5.11 Å². The quantitative estimate of drug-likeness (QED) is 0.466. The van der Waals surface area contributed by atoms with Crippen LogP contribution in [0.25, 0.3) is 0 Å². The third kappa shape index (κ3) is 7.35. The van der Waals surface area contributed by atoms with E-state index in [1.54, 1.807) is 0 Å². The summed E-state index contributed by atoms with van der Waals surface area (Å²) in [5.41, 5.74) is 0.